The van der Waals surface area contributed by atoms with Crippen LogP contribution in [0.3, 0.4) is 0 Å². The van der Waals surface area contributed by atoms with Crippen molar-refractivity contribution in [3.8, 4) is 0 Å². The molecule has 2 heteroatoms. The number of allylic oxidation sites excluding steroid dienone is 1. The Morgan fingerprint density at radius 2 is 1.56 bits per heavy atom. The highest BCUT2D eigenvalue weighted by Gasteiger charge is 2.19. The fraction of sp³-hybridized carbons (Fsp3) is 0.875. The summed E-state index contributed by atoms with van der Waals surface area (Å²) in [5.41, 5.74) is -0.134. The lowest BCUT2D eigenvalue weighted by atomic mass is 10.1. The van der Waals surface area contributed by atoms with Gasteiger partial charge in [-0.3, -0.25) is 0 Å². The van der Waals surface area contributed by atoms with Crippen molar-refractivity contribution in [2.24, 2.45) is 0 Å². The van der Waals surface area contributed by atoms with Gasteiger partial charge in [0.05, 0.1) is 11.2 Å². The first-order valence-corrected chi connectivity index (χ1v) is 7.16. The summed E-state index contributed by atoms with van der Waals surface area (Å²) < 4.78 is 11.7. The van der Waals surface area contributed by atoms with Crippen molar-refractivity contribution in [3.05, 3.63) is 12.7 Å². The summed E-state index contributed by atoms with van der Waals surface area (Å²) in [5, 5.41) is 0. The van der Waals surface area contributed by atoms with E-state index in [9.17, 15) is 0 Å². The zero-order chi connectivity index (χ0) is 14.1. The number of ether oxygens (including phenoxy) is 2. The molecule has 18 heavy (non-hydrogen) atoms. The van der Waals surface area contributed by atoms with E-state index in [0.717, 1.165) is 32.5 Å². The molecular weight excluding hydrogens is 224 g/mol. The lowest BCUT2D eigenvalue weighted by Crippen LogP contribution is -2.29. The average molecular weight is 256 g/mol. The third kappa shape index (κ3) is 12.1. The van der Waals surface area contributed by atoms with Crippen LogP contribution in [0.5, 0.6) is 0 Å². The molecular formula is C16H32O2. The third-order valence-corrected chi connectivity index (χ3v) is 2.78. The number of rotatable bonds is 10. The zero-order valence-electron chi connectivity index (χ0n) is 13.1. The Bertz CT molecular complexity index is 214. The largest absolute Gasteiger partial charge is 0.376 e. The summed E-state index contributed by atoms with van der Waals surface area (Å²) in [6, 6.07) is 0. The quantitative estimate of drug-likeness (QED) is 0.415. The van der Waals surface area contributed by atoms with Crippen molar-refractivity contribution in [3.63, 3.8) is 0 Å². The Morgan fingerprint density at radius 3 is 2.11 bits per heavy atom. The van der Waals surface area contributed by atoms with Crippen molar-refractivity contribution in [1.29, 1.82) is 0 Å². The second kappa shape index (κ2) is 8.71. The minimum Gasteiger partial charge on any atom is -0.376 e. The van der Waals surface area contributed by atoms with Crippen LogP contribution in [0.2, 0.25) is 0 Å². The zero-order valence-corrected chi connectivity index (χ0v) is 13.1. The molecule has 0 atom stereocenters. The topological polar surface area (TPSA) is 18.5 Å². The Balaban J connectivity index is 3.57. The molecule has 0 amide bonds. The van der Waals surface area contributed by atoms with E-state index in [0.29, 0.717) is 0 Å². The van der Waals surface area contributed by atoms with Gasteiger partial charge in [0.2, 0.25) is 0 Å². The lowest BCUT2D eigenvalue weighted by molar-refractivity contribution is -0.0671. The Labute approximate surface area is 114 Å². The summed E-state index contributed by atoms with van der Waals surface area (Å²) >= 11 is 0. The van der Waals surface area contributed by atoms with Gasteiger partial charge in [-0.25, -0.2) is 0 Å². The molecule has 0 aliphatic rings. The van der Waals surface area contributed by atoms with Crippen molar-refractivity contribution in [1.82, 2.24) is 0 Å². The van der Waals surface area contributed by atoms with Crippen molar-refractivity contribution in [2.75, 3.05) is 13.2 Å². The first-order chi connectivity index (χ1) is 8.27. The van der Waals surface area contributed by atoms with Gasteiger partial charge in [-0.1, -0.05) is 12.5 Å². The maximum Gasteiger partial charge on any atom is 0.0648 e. The predicted molar refractivity (Wildman–Crippen MR) is 79.0 cm³/mol. The monoisotopic (exact) mass is 256 g/mol. The molecule has 0 bridgehead atoms. The van der Waals surface area contributed by atoms with Crippen LogP contribution in [0.4, 0.5) is 0 Å². The Hall–Kier alpha value is -0.340. The second-order valence-corrected chi connectivity index (χ2v) is 6.46. The first-order valence-electron chi connectivity index (χ1n) is 7.16. The number of unbranched alkanes of at least 4 members (excludes halogenated alkanes) is 3. The standard InChI is InChI=1S/C16H32O2/c1-7-8-9-10-11-13-18-16(5,6)12-14-17-15(2,3)4/h7H,1,8-14H2,2-6H3. The molecule has 2 nitrogen and oxygen atoms in total. The van der Waals surface area contributed by atoms with E-state index in [1.54, 1.807) is 0 Å². The van der Waals surface area contributed by atoms with E-state index in [1.807, 2.05) is 6.08 Å². The van der Waals surface area contributed by atoms with Crippen LogP contribution in [-0.2, 0) is 9.47 Å². The molecule has 0 saturated heterocycles. The smallest absolute Gasteiger partial charge is 0.0648 e. The normalized spacial score (nSPS) is 12.7. The maximum atomic E-state index is 5.92. The third-order valence-electron chi connectivity index (χ3n) is 2.78. The highest BCUT2D eigenvalue weighted by molar-refractivity contribution is 4.70. The molecule has 0 aliphatic heterocycles. The highest BCUT2D eigenvalue weighted by atomic mass is 16.5. The van der Waals surface area contributed by atoms with E-state index in [2.05, 4.69) is 41.2 Å². The molecule has 0 spiro atoms. The maximum absolute atomic E-state index is 5.92. The van der Waals surface area contributed by atoms with E-state index < -0.39 is 0 Å². The van der Waals surface area contributed by atoms with Crippen LogP contribution in [0.15, 0.2) is 12.7 Å². The molecule has 0 aromatic heterocycles. The van der Waals surface area contributed by atoms with Gasteiger partial charge in [0.25, 0.3) is 0 Å². The van der Waals surface area contributed by atoms with Gasteiger partial charge in [-0.2, -0.15) is 0 Å². The van der Waals surface area contributed by atoms with E-state index >= 15 is 0 Å². The fourth-order valence-corrected chi connectivity index (χ4v) is 1.59. The van der Waals surface area contributed by atoms with Gasteiger partial charge in [-0.05, 0) is 60.3 Å². The molecule has 0 aromatic rings. The van der Waals surface area contributed by atoms with Gasteiger partial charge in [0.15, 0.2) is 0 Å². The molecule has 0 saturated carbocycles. The molecule has 0 aliphatic carbocycles. The fourth-order valence-electron chi connectivity index (χ4n) is 1.59. The molecule has 0 radical (unpaired) electrons. The minimum absolute atomic E-state index is 0.0548. The SMILES string of the molecule is C=CCCCCCOC(C)(C)CCOC(C)(C)C. The van der Waals surface area contributed by atoms with Crippen molar-refractivity contribution < 1.29 is 9.47 Å². The predicted octanol–water partition coefficient (Wildman–Crippen LogP) is 4.73. The van der Waals surface area contributed by atoms with Crippen LogP contribution in [0.1, 0.15) is 66.7 Å². The van der Waals surface area contributed by atoms with E-state index in [1.165, 1.54) is 12.8 Å². The van der Waals surface area contributed by atoms with Gasteiger partial charge in [0.1, 0.15) is 0 Å². The lowest BCUT2D eigenvalue weighted by Gasteiger charge is -2.27. The molecule has 0 aromatic carbocycles. The first kappa shape index (κ1) is 17.7. The van der Waals surface area contributed by atoms with Gasteiger partial charge < -0.3 is 9.47 Å². The summed E-state index contributed by atoms with van der Waals surface area (Å²) in [7, 11) is 0. The number of hydrogen-bond donors (Lipinski definition) is 0. The molecule has 0 heterocycles. The summed E-state index contributed by atoms with van der Waals surface area (Å²) in [6.45, 7) is 15.9. The van der Waals surface area contributed by atoms with Gasteiger partial charge >= 0.3 is 0 Å². The summed E-state index contributed by atoms with van der Waals surface area (Å²) in [4.78, 5) is 0. The van der Waals surface area contributed by atoms with Crippen LogP contribution in [0, 0.1) is 0 Å². The summed E-state index contributed by atoms with van der Waals surface area (Å²) in [5.74, 6) is 0. The van der Waals surface area contributed by atoms with E-state index in [-0.39, 0.29) is 11.2 Å². The number of hydrogen-bond acceptors (Lipinski definition) is 2. The summed E-state index contributed by atoms with van der Waals surface area (Å²) in [6.07, 6.45) is 7.62. The van der Waals surface area contributed by atoms with Gasteiger partial charge in [0, 0.05) is 13.2 Å². The van der Waals surface area contributed by atoms with Crippen molar-refractivity contribution in [2.45, 2.75) is 77.9 Å². The Kier molecular flexibility index (Phi) is 8.54. The van der Waals surface area contributed by atoms with E-state index in [4.69, 9.17) is 9.47 Å². The van der Waals surface area contributed by atoms with Gasteiger partial charge in [-0.15, -0.1) is 6.58 Å². The minimum atomic E-state index is -0.0797. The molecule has 0 rings (SSSR count). The Morgan fingerprint density at radius 1 is 0.889 bits per heavy atom. The molecule has 108 valence electrons. The molecule has 0 unspecified atom stereocenters. The van der Waals surface area contributed by atoms with Crippen molar-refractivity contribution >= 4 is 0 Å². The highest BCUT2D eigenvalue weighted by Crippen LogP contribution is 2.17. The van der Waals surface area contributed by atoms with Crippen LogP contribution < -0.4 is 0 Å². The second-order valence-electron chi connectivity index (χ2n) is 6.46. The van der Waals surface area contributed by atoms with Crippen LogP contribution in [0.25, 0.3) is 0 Å². The molecule has 0 N–H and O–H groups in total. The van der Waals surface area contributed by atoms with Crippen LogP contribution >= 0.6 is 0 Å². The van der Waals surface area contributed by atoms with Crippen LogP contribution in [-0.4, -0.2) is 24.4 Å². The molecule has 0 fully saturated rings. The average Bonchev–Trinajstić information content (AvgIpc) is 2.21.